The Balaban J connectivity index is 2.18. The average Bonchev–Trinajstić information content (AvgIpc) is 2.63. The van der Waals surface area contributed by atoms with E-state index < -0.39 is 5.41 Å². The molecule has 0 amide bonds. The maximum Gasteiger partial charge on any atom is 0.111 e. The minimum Gasteiger partial charge on any atom is -0.197 e. The predicted molar refractivity (Wildman–Crippen MR) is 102 cm³/mol. The maximum absolute atomic E-state index is 10.2. The van der Waals surface area contributed by atoms with Gasteiger partial charge in [-0.3, -0.25) is 0 Å². The molecule has 0 saturated heterocycles. The van der Waals surface area contributed by atoms with E-state index >= 15 is 0 Å². The minimum atomic E-state index is -0.677. The van der Waals surface area contributed by atoms with Crippen LogP contribution in [0, 0.1) is 14.9 Å². The quantitative estimate of drug-likeness (QED) is 0.534. The summed E-state index contributed by atoms with van der Waals surface area (Å²) in [5, 5.41) is 10.2. The van der Waals surface area contributed by atoms with Crippen molar-refractivity contribution in [1.82, 2.24) is 0 Å². The van der Waals surface area contributed by atoms with Crippen LogP contribution in [0.3, 0.4) is 0 Å². The third-order valence-corrected chi connectivity index (χ3v) is 5.19. The van der Waals surface area contributed by atoms with E-state index in [0.717, 1.165) is 11.1 Å². The molecule has 0 aliphatic heterocycles. The van der Waals surface area contributed by atoms with E-state index in [2.05, 4.69) is 40.8 Å². The van der Waals surface area contributed by atoms with E-state index in [1.807, 2.05) is 72.8 Å². The number of nitrogens with zero attached hydrogens (tertiary/aromatic N) is 1. The third-order valence-electron chi connectivity index (χ3n) is 4.14. The molecule has 0 spiro atoms. The van der Waals surface area contributed by atoms with Gasteiger partial charge in [-0.2, -0.15) is 5.26 Å². The van der Waals surface area contributed by atoms with Crippen LogP contribution in [0.15, 0.2) is 84.9 Å². The molecule has 0 unspecified atom stereocenters. The van der Waals surface area contributed by atoms with Crippen molar-refractivity contribution in [3.05, 3.63) is 105 Å². The summed E-state index contributed by atoms with van der Waals surface area (Å²) in [6.45, 7) is 0. The minimum absolute atomic E-state index is 0.663. The van der Waals surface area contributed by atoms with Gasteiger partial charge >= 0.3 is 0 Å². The zero-order chi connectivity index (χ0) is 16.1. The second-order valence-corrected chi connectivity index (χ2v) is 6.68. The third kappa shape index (κ3) is 3.16. The summed E-state index contributed by atoms with van der Waals surface area (Å²) in [6.07, 6.45) is 0.663. The molecule has 2 heteroatoms. The molecule has 0 atom stereocenters. The van der Waals surface area contributed by atoms with E-state index in [0.29, 0.717) is 6.42 Å². The summed E-state index contributed by atoms with van der Waals surface area (Å²) in [4.78, 5) is 0. The van der Waals surface area contributed by atoms with Crippen molar-refractivity contribution >= 4 is 22.6 Å². The Hall–Kier alpha value is -2.12. The lowest BCUT2D eigenvalue weighted by Gasteiger charge is -2.28. The van der Waals surface area contributed by atoms with Crippen LogP contribution >= 0.6 is 22.6 Å². The number of benzene rings is 3. The zero-order valence-corrected chi connectivity index (χ0v) is 14.8. The first-order valence-electron chi connectivity index (χ1n) is 7.52. The Morgan fingerprint density at radius 1 is 0.739 bits per heavy atom. The van der Waals surface area contributed by atoms with Crippen molar-refractivity contribution in [2.45, 2.75) is 11.8 Å². The number of hydrogen-bond donors (Lipinski definition) is 0. The summed E-state index contributed by atoms with van der Waals surface area (Å²) >= 11 is 2.35. The van der Waals surface area contributed by atoms with Crippen LogP contribution in [0.1, 0.15) is 16.7 Å². The lowest BCUT2D eigenvalue weighted by Crippen LogP contribution is -2.29. The normalized spacial score (nSPS) is 11.0. The summed E-state index contributed by atoms with van der Waals surface area (Å²) in [5.41, 5.74) is 2.59. The molecule has 3 aromatic carbocycles. The highest BCUT2D eigenvalue weighted by molar-refractivity contribution is 14.1. The van der Waals surface area contributed by atoms with Crippen LogP contribution < -0.4 is 0 Å². The van der Waals surface area contributed by atoms with E-state index in [1.165, 1.54) is 9.13 Å². The molecule has 0 aromatic heterocycles. The maximum atomic E-state index is 10.2. The molecule has 0 aliphatic carbocycles. The van der Waals surface area contributed by atoms with Crippen molar-refractivity contribution in [3.8, 4) is 6.07 Å². The molecule has 0 N–H and O–H groups in total. The molecule has 3 aromatic rings. The highest BCUT2D eigenvalue weighted by atomic mass is 127. The van der Waals surface area contributed by atoms with Gasteiger partial charge in [-0.15, -0.1) is 0 Å². The van der Waals surface area contributed by atoms with E-state index in [4.69, 9.17) is 0 Å². The molecule has 23 heavy (non-hydrogen) atoms. The van der Waals surface area contributed by atoms with Gasteiger partial charge in [0.1, 0.15) is 5.41 Å². The van der Waals surface area contributed by atoms with Gasteiger partial charge in [-0.25, -0.2) is 0 Å². The van der Waals surface area contributed by atoms with Crippen LogP contribution in [-0.2, 0) is 11.8 Å². The lowest BCUT2D eigenvalue weighted by molar-refractivity contribution is 0.651. The van der Waals surface area contributed by atoms with Crippen LogP contribution in [0.4, 0.5) is 0 Å². The first kappa shape index (κ1) is 15.8. The summed E-state index contributed by atoms with van der Waals surface area (Å²) in [7, 11) is 0. The van der Waals surface area contributed by atoms with Gasteiger partial charge in [0.25, 0.3) is 0 Å². The van der Waals surface area contributed by atoms with Gasteiger partial charge in [0.15, 0.2) is 0 Å². The van der Waals surface area contributed by atoms with Crippen LogP contribution in [-0.4, -0.2) is 0 Å². The average molecular weight is 409 g/mol. The van der Waals surface area contributed by atoms with Crippen LogP contribution in [0.25, 0.3) is 0 Å². The first-order chi connectivity index (χ1) is 11.3. The molecule has 0 aliphatic rings. The van der Waals surface area contributed by atoms with Crippen molar-refractivity contribution in [1.29, 1.82) is 5.26 Å². The zero-order valence-electron chi connectivity index (χ0n) is 12.6. The van der Waals surface area contributed by atoms with E-state index in [-0.39, 0.29) is 0 Å². The molecule has 3 rings (SSSR count). The molecule has 0 fully saturated rings. The van der Waals surface area contributed by atoms with Crippen LogP contribution in [0.2, 0.25) is 0 Å². The molecule has 112 valence electrons. The molecule has 0 heterocycles. The second-order valence-electron chi connectivity index (χ2n) is 5.52. The number of nitriles is 1. The Kier molecular flexibility index (Phi) is 4.78. The summed E-state index contributed by atoms with van der Waals surface area (Å²) in [6, 6.07) is 31.1. The molecule has 0 saturated carbocycles. The fourth-order valence-electron chi connectivity index (χ4n) is 2.91. The van der Waals surface area contributed by atoms with Gasteiger partial charge < -0.3 is 0 Å². The van der Waals surface area contributed by atoms with Crippen molar-refractivity contribution in [2.75, 3.05) is 0 Å². The highest BCUT2D eigenvalue weighted by Crippen LogP contribution is 2.36. The number of halogens is 1. The Labute approximate surface area is 150 Å². The van der Waals surface area contributed by atoms with Gasteiger partial charge in [-0.1, -0.05) is 78.9 Å². The number of rotatable bonds is 4. The standard InChI is InChI=1S/C21H16IN/c22-20-14-8-7-9-17(20)15-21(16-23,18-10-3-1-4-11-18)19-12-5-2-6-13-19/h1-14H,15H2. The number of hydrogen-bond acceptors (Lipinski definition) is 1. The predicted octanol–water partition coefficient (Wildman–Crippen LogP) is 5.34. The molecular formula is C21H16IN. The fourth-order valence-corrected chi connectivity index (χ4v) is 3.49. The van der Waals surface area contributed by atoms with Gasteiger partial charge in [0, 0.05) is 9.99 Å². The molecule has 0 bridgehead atoms. The van der Waals surface area contributed by atoms with Gasteiger partial charge in [0.2, 0.25) is 0 Å². The summed E-state index contributed by atoms with van der Waals surface area (Å²) < 4.78 is 1.19. The largest absolute Gasteiger partial charge is 0.197 e. The molecule has 0 radical (unpaired) electrons. The fraction of sp³-hybridized carbons (Fsp3) is 0.0952. The second kappa shape index (κ2) is 6.97. The van der Waals surface area contributed by atoms with Crippen molar-refractivity contribution < 1.29 is 0 Å². The Morgan fingerprint density at radius 3 is 1.70 bits per heavy atom. The van der Waals surface area contributed by atoms with Gasteiger partial charge in [-0.05, 0) is 45.3 Å². The smallest absolute Gasteiger partial charge is 0.111 e. The van der Waals surface area contributed by atoms with Crippen LogP contribution in [0.5, 0.6) is 0 Å². The van der Waals surface area contributed by atoms with Crippen molar-refractivity contribution in [3.63, 3.8) is 0 Å². The SMILES string of the molecule is N#CC(Cc1ccccc1I)(c1ccccc1)c1ccccc1. The van der Waals surface area contributed by atoms with Gasteiger partial charge in [0.05, 0.1) is 6.07 Å². The first-order valence-corrected chi connectivity index (χ1v) is 8.60. The van der Waals surface area contributed by atoms with E-state index in [9.17, 15) is 5.26 Å². The topological polar surface area (TPSA) is 23.8 Å². The molecule has 1 nitrogen and oxygen atoms in total. The summed E-state index contributed by atoms with van der Waals surface area (Å²) in [5.74, 6) is 0. The van der Waals surface area contributed by atoms with Crippen molar-refractivity contribution in [2.24, 2.45) is 0 Å². The lowest BCUT2D eigenvalue weighted by atomic mass is 9.71. The Morgan fingerprint density at radius 2 is 1.22 bits per heavy atom. The highest BCUT2D eigenvalue weighted by Gasteiger charge is 2.35. The Bertz CT molecular complexity index is 780. The monoisotopic (exact) mass is 409 g/mol. The van der Waals surface area contributed by atoms with E-state index in [1.54, 1.807) is 0 Å². The molecular weight excluding hydrogens is 393 g/mol.